The minimum Gasteiger partial charge on any atom is -0.319 e. The van der Waals surface area contributed by atoms with Crippen molar-refractivity contribution in [2.24, 2.45) is 0 Å². The van der Waals surface area contributed by atoms with Crippen molar-refractivity contribution in [1.82, 2.24) is 9.78 Å². The minimum absolute atomic E-state index is 0.0655. The van der Waals surface area contributed by atoms with Crippen LogP contribution in [0.25, 0.3) is 0 Å². The van der Waals surface area contributed by atoms with Gasteiger partial charge in [0.2, 0.25) is 0 Å². The Morgan fingerprint density at radius 1 is 1.16 bits per heavy atom. The number of halogens is 2. The molecular weight excluding hydrogens is 324 g/mol. The van der Waals surface area contributed by atoms with E-state index in [0.29, 0.717) is 18.5 Å². The van der Waals surface area contributed by atoms with E-state index >= 15 is 0 Å². The molecule has 1 heterocycles. The molecule has 1 N–H and O–H groups in total. The van der Waals surface area contributed by atoms with E-state index in [1.54, 1.807) is 4.68 Å². The second-order valence-corrected chi connectivity index (χ2v) is 5.58. The van der Waals surface area contributed by atoms with Crippen molar-refractivity contribution in [3.05, 3.63) is 83.2 Å². The highest BCUT2D eigenvalue weighted by Gasteiger charge is 2.18. The summed E-state index contributed by atoms with van der Waals surface area (Å²) in [6, 6.07) is 12.8. The number of carbonyl (C=O) groups excluding carboxylic acids is 1. The maximum atomic E-state index is 13.7. The molecule has 1 aromatic heterocycles. The van der Waals surface area contributed by atoms with Crippen LogP contribution in [0.15, 0.2) is 54.7 Å². The summed E-state index contributed by atoms with van der Waals surface area (Å²) in [5.41, 5.74) is 2.13. The van der Waals surface area contributed by atoms with Crippen LogP contribution in [0, 0.1) is 11.6 Å². The third-order valence-corrected chi connectivity index (χ3v) is 3.88. The lowest BCUT2D eigenvalue weighted by Gasteiger charge is -2.09. The minimum atomic E-state index is -0.817. The zero-order chi connectivity index (χ0) is 17.8. The number of carbonyl (C=O) groups is 1. The molecule has 0 spiro atoms. The highest BCUT2D eigenvalue weighted by molar-refractivity contribution is 6.05. The van der Waals surface area contributed by atoms with Gasteiger partial charge in [0.05, 0.1) is 29.7 Å². The number of nitrogens with zero attached hydrogens (tertiary/aromatic N) is 2. The molecule has 0 fully saturated rings. The highest BCUT2D eigenvalue weighted by Crippen LogP contribution is 2.18. The van der Waals surface area contributed by atoms with Crippen molar-refractivity contribution in [1.29, 1.82) is 0 Å². The fourth-order valence-corrected chi connectivity index (χ4v) is 2.65. The second kappa shape index (κ2) is 7.25. The second-order valence-electron chi connectivity index (χ2n) is 5.58. The third-order valence-electron chi connectivity index (χ3n) is 3.88. The van der Waals surface area contributed by atoms with Crippen LogP contribution in [0.1, 0.15) is 28.5 Å². The molecule has 1 amide bonds. The van der Waals surface area contributed by atoms with Crippen LogP contribution < -0.4 is 5.32 Å². The van der Waals surface area contributed by atoms with Gasteiger partial charge in [-0.15, -0.1) is 0 Å². The van der Waals surface area contributed by atoms with E-state index in [1.165, 1.54) is 12.3 Å². The SMILES string of the molecule is CCc1c(C(=O)Nc2ccc(F)cc2F)cnn1Cc1ccccc1. The van der Waals surface area contributed by atoms with E-state index in [1.807, 2.05) is 37.3 Å². The molecule has 3 aromatic rings. The van der Waals surface area contributed by atoms with Crippen molar-refractivity contribution in [3.63, 3.8) is 0 Å². The first kappa shape index (κ1) is 16.8. The molecule has 0 aliphatic heterocycles. The molecule has 0 aliphatic carbocycles. The number of hydrogen-bond acceptors (Lipinski definition) is 2. The molecule has 0 atom stereocenters. The van der Waals surface area contributed by atoms with Gasteiger partial charge < -0.3 is 5.32 Å². The molecule has 25 heavy (non-hydrogen) atoms. The molecule has 4 nitrogen and oxygen atoms in total. The first-order chi connectivity index (χ1) is 12.1. The molecule has 3 rings (SSSR count). The summed E-state index contributed by atoms with van der Waals surface area (Å²) in [5, 5.41) is 6.76. The highest BCUT2D eigenvalue weighted by atomic mass is 19.1. The van der Waals surface area contributed by atoms with Gasteiger partial charge in [0.25, 0.3) is 5.91 Å². The number of nitrogens with one attached hydrogen (secondary N) is 1. The zero-order valence-electron chi connectivity index (χ0n) is 13.7. The summed E-state index contributed by atoms with van der Waals surface area (Å²) >= 11 is 0. The number of amides is 1. The van der Waals surface area contributed by atoms with Gasteiger partial charge in [0, 0.05) is 6.07 Å². The Bertz CT molecular complexity index is 891. The van der Waals surface area contributed by atoms with Crippen LogP contribution >= 0.6 is 0 Å². The summed E-state index contributed by atoms with van der Waals surface area (Å²) in [7, 11) is 0. The van der Waals surface area contributed by atoms with Gasteiger partial charge in [-0.2, -0.15) is 5.10 Å². The lowest BCUT2D eigenvalue weighted by Crippen LogP contribution is -2.15. The Morgan fingerprint density at radius 3 is 2.60 bits per heavy atom. The lowest BCUT2D eigenvalue weighted by atomic mass is 10.1. The Balaban J connectivity index is 1.83. The van der Waals surface area contributed by atoms with Gasteiger partial charge in [0.1, 0.15) is 11.6 Å². The quantitative estimate of drug-likeness (QED) is 0.762. The zero-order valence-corrected chi connectivity index (χ0v) is 13.7. The number of aromatic nitrogens is 2. The van der Waals surface area contributed by atoms with Crippen LogP contribution in [0.3, 0.4) is 0 Å². The molecule has 128 valence electrons. The van der Waals surface area contributed by atoms with E-state index < -0.39 is 17.5 Å². The fourth-order valence-electron chi connectivity index (χ4n) is 2.65. The standard InChI is InChI=1S/C19H17F2N3O/c1-2-18-15(11-22-24(18)12-13-6-4-3-5-7-13)19(25)23-17-9-8-14(20)10-16(17)21/h3-11H,2,12H2,1H3,(H,23,25). The molecule has 0 aliphatic rings. The van der Waals surface area contributed by atoms with Crippen molar-refractivity contribution < 1.29 is 13.6 Å². The summed E-state index contributed by atoms with van der Waals surface area (Å²) in [6.07, 6.45) is 2.07. The molecule has 0 radical (unpaired) electrons. The predicted octanol–water partition coefficient (Wildman–Crippen LogP) is 4.02. The predicted molar refractivity (Wildman–Crippen MR) is 91.5 cm³/mol. The van der Waals surface area contributed by atoms with Crippen molar-refractivity contribution in [2.45, 2.75) is 19.9 Å². The fraction of sp³-hybridized carbons (Fsp3) is 0.158. The van der Waals surface area contributed by atoms with E-state index in [9.17, 15) is 13.6 Å². The molecule has 0 bridgehead atoms. The Morgan fingerprint density at radius 2 is 1.92 bits per heavy atom. The van der Waals surface area contributed by atoms with Crippen LogP contribution in [-0.4, -0.2) is 15.7 Å². The first-order valence-electron chi connectivity index (χ1n) is 7.93. The third kappa shape index (κ3) is 3.74. The van der Waals surface area contributed by atoms with Gasteiger partial charge in [-0.05, 0) is 24.1 Å². The van der Waals surface area contributed by atoms with E-state index in [0.717, 1.165) is 23.4 Å². The van der Waals surface area contributed by atoms with Crippen LogP contribution in [0.2, 0.25) is 0 Å². The maximum absolute atomic E-state index is 13.7. The lowest BCUT2D eigenvalue weighted by molar-refractivity contribution is 0.102. The molecule has 0 unspecified atom stereocenters. The van der Waals surface area contributed by atoms with Crippen molar-refractivity contribution in [2.75, 3.05) is 5.32 Å². The molecule has 0 saturated heterocycles. The number of hydrogen-bond donors (Lipinski definition) is 1. The largest absolute Gasteiger partial charge is 0.319 e. The Hall–Kier alpha value is -3.02. The van der Waals surface area contributed by atoms with Crippen LogP contribution in [0.5, 0.6) is 0 Å². The Kier molecular flexibility index (Phi) is 4.88. The topological polar surface area (TPSA) is 46.9 Å². The molecule has 0 saturated carbocycles. The van der Waals surface area contributed by atoms with Crippen LogP contribution in [0.4, 0.5) is 14.5 Å². The van der Waals surface area contributed by atoms with Crippen molar-refractivity contribution >= 4 is 11.6 Å². The maximum Gasteiger partial charge on any atom is 0.259 e. The van der Waals surface area contributed by atoms with Gasteiger partial charge in [0.15, 0.2) is 0 Å². The van der Waals surface area contributed by atoms with Crippen LogP contribution in [-0.2, 0) is 13.0 Å². The Labute approximate surface area is 144 Å². The van der Waals surface area contributed by atoms with Gasteiger partial charge >= 0.3 is 0 Å². The number of anilines is 1. The monoisotopic (exact) mass is 341 g/mol. The average Bonchev–Trinajstić information content (AvgIpc) is 3.01. The molecular formula is C19H17F2N3O. The average molecular weight is 341 g/mol. The first-order valence-corrected chi connectivity index (χ1v) is 7.93. The summed E-state index contributed by atoms with van der Waals surface area (Å²) in [5.74, 6) is -1.98. The summed E-state index contributed by atoms with van der Waals surface area (Å²) < 4.78 is 28.5. The normalized spacial score (nSPS) is 10.7. The summed E-state index contributed by atoms with van der Waals surface area (Å²) in [4.78, 5) is 12.5. The van der Waals surface area contributed by atoms with Crippen molar-refractivity contribution in [3.8, 4) is 0 Å². The van der Waals surface area contributed by atoms with E-state index in [4.69, 9.17) is 0 Å². The number of rotatable bonds is 5. The number of benzene rings is 2. The van der Waals surface area contributed by atoms with E-state index in [-0.39, 0.29) is 5.69 Å². The van der Waals surface area contributed by atoms with Gasteiger partial charge in [-0.3, -0.25) is 9.48 Å². The smallest absolute Gasteiger partial charge is 0.259 e. The molecule has 2 aromatic carbocycles. The van der Waals surface area contributed by atoms with Gasteiger partial charge in [-0.25, -0.2) is 8.78 Å². The summed E-state index contributed by atoms with van der Waals surface area (Å²) in [6.45, 7) is 2.47. The molecule has 6 heteroatoms. The van der Waals surface area contributed by atoms with Gasteiger partial charge in [-0.1, -0.05) is 37.3 Å². The van der Waals surface area contributed by atoms with E-state index in [2.05, 4.69) is 10.4 Å².